The third kappa shape index (κ3) is 5.48. The summed E-state index contributed by atoms with van der Waals surface area (Å²) in [5.41, 5.74) is 1.84. The summed E-state index contributed by atoms with van der Waals surface area (Å²) in [4.78, 5) is 23.0. The molecule has 1 rings (SSSR count). The Kier molecular flexibility index (Phi) is 5.36. The molecule has 0 aliphatic rings. The Labute approximate surface area is 108 Å². The number of hydrogen-bond acceptors (Lipinski definition) is 2. The van der Waals surface area contributed by atoms with Crippen LogP contribution in [0.1, 0.15) is 25.8 Å². The lowest BCUT2D eigenvalue weighted by Crippen LogP contribution is -2.30. The summed E-state index contributed by atoms with van der Waals surface area (Å²) >= 11 is 0. The molecule has 4 heteroatoms. The molecule has 0 atom stereocenters. The molecule has 18 heavy (non-hydrogen) atoms. The van der Waals surface area contributed by atoms with Gasteiger partial charge in [-0.3, -0.25) is 9.59 Å². The molecule has 2 N–H and O–H groups in total. The summed E-state index contributed by atoms with van der Waals surface area (Å²) in [7, 11) is 0. The van der Waals surface area contributed by atoms with Gasteiger partial charge in [-0.2, -0.15) is 0 Å². The SMILES string of the molecule is Cc1ccc(NC(=O)CC(=O)NCC(C)C)cc1. The van der Waals surface area contributed by atoms with Crippen LogP contribution in [0.5, 0.6) is 0 Å². The fraction of sp³-hybridized carbons (Fsp3) is 0.429. The van der Waals surface area contributed by atoms with Crippen LogP contribution < -0.4 is 10.6 Å². The van der Waals surface area contributed by atoms with Gasteiger partial charge in [0.05, 0.1) is 0 Å². The molecule has 0 saturated carbocycles. The topological polar surface area (TPSA) is 58.2 Å². The van der Waals surface area contributed by atoms with Gasteiger partial charge in [0.15, 0.2) is 0 Å². The van der Waals surface area contributed by atoms with Gasteiger partial charge in [-0.15, -0.1) is 0 Å². The smallest absolute Gasteiger partial charge is 0.233 e. The Balaban J connectivity index is 2.37. The zero-order chi connectivity index (χ0) is 13.5. The maximum absolute atomic E-state index is 11.6. The molecule has 0 radical (unpaired) electrons. The van der Waals surface area contributed by atoms with Gasteiger partial charge in [-0.05, 0) is 25.0 Å². The van der Waals surface area contributed by atoms with Crippen LogP contribution in [-0.4, -0.2) is 18.4 Å². The van der Waals surface area contributed by atoms with Crippen molar-refractivity contribution in [2.45, 2.75) is 27.2 Å². The van der Waals surface area contributed by atoms with Gasteiger partial charge in [-0.25, -0.2) is 0 Å². The molecular formula is C14H20N2O2. The molecule has 0 saturated heterocycles. The highest BCUT2D eigenvalue weighted by Crippen LogP contribution is 2.08. The fourth-order valence-electron chi connectivity index (χ4n) is 1.37. The lowest BCUT2D eigenvalue weighted by atomic mass is 10.2. The molecule has 0 aliphatic heterocycles. The first-order valence-electron chi connectivity index (χ1n) is 6.10. The molecule has 0 aromatic heterocycles. The van der Waals surface area contributed by atoms with Gasteiger partial charge >= 0.3 is 0 Å². The maximum atomic E-state index is 11.6. The van der Waals surface area contributed by atoms with Crippen molar-refractivity contribution >= 4 is 17.5 Å². The van der Waals surface area contributed by atoms with Gasteiger partial charge in [0, 0.05) is 12.2 Å². The van der Waals surface area contributed by atoms with Crippen molar-refractivity contribution < 1.29 is 9.59 Å². The summed E-state index contributed by atoms with van der Waals surface area (Å²) in [5, 5.41) is 5.40. The van der Waals surface area contributed by atoms with E-state index in [1.54, 1.807) is 0 Å². The highest BCUT2D eigenvalue weighted by molar-refractivity contribution is 6.03. The van der Waals surface area contributed by atoms with E-state index in [1.807, 2.05) is 45.0 Å². The van der Waals surface area contributed by atoms with Crippen LogP contribution in [0.4, 0.5) is 5.69 Å². The van der Waals surface area contributed by atoms with Crippen molar-refractivity contribution in [2.24, 2.45) is 5.92 Å². The Bertz CT molecular complexity index is 410. The van der Waals surface area contributed by atoms with Gasteiger partial charge in [0.2, 0.25) is 11.8 Å². The second kappa shape index (κ2) is 6.79. The number of carbonyl (C=O) groups is 2. The number of amides is 2. The van der Waals surface area contributed by atoms with E-state index >= 15 is 0 Å². The summed E-state index contributed by atoms with van der Waals surface area (Å²) in [5.74, 6) is -0.150. The molecule has 4 nitrogen and oxygen atoms in total. The highest BCUT2D eigenvalue weighted by Gasteiger charge is 2.09. The van der Waals surface area contributed by atoms with Crippen molar-refractivity contribution in [3.63, 3.8) is 0 Å². The molecule has 0 heterocycles. The van der Waals surface area contributed by atoms with Crippen LogP contribution in [0.25, 0.3) is 0 Å². The average Bonchev–Trinajstić information content (AvgIpc) is 2.29. The fourth-order valence-corrected chi connectivity index (χ4v) is 1.37. The zero-order valence-corrected chi connectivity index (χ0v) is 11.1. The predicted molar refractivity (Wildman–Crippen MR) is 72.3 cm³/mol. The third-order valence-electron chi connectivity index (χ3n) is 2.36. The molecular weight excluding hydrogens is 228 g/mol. The number of aryl methyl sites for hydroxylation is 1. The lowest BCUT2D eigenvalue weighted by molar-refractivity contribution is -0.126. The van der Waals surface area contributed by atoms with Crippen molar-refractivity contribution in [2.75, 3.05) is 11.9 Å². The molecule has 1 aromatic carbocycles. The number of anilines is 1. The first-order valence-corrected chi connectivity index (χ1v) is 6.10. The molecule has 0 bridgehead atoms. The van der Waals surface area contributed by atoms with E-state index in [9.17, 15) is 9.59 Å². The largest absolute Gasteiger partial charge is 0.355 e. The van der Waals surface area contributed by atoms with E-state index in [1.165, 1.54) is 0 Å². The minimum Gasteiger partial charge on any atom is -0.355 e. The standard InChI is InChI=1S/C14H20N2O2/c1-10(2)9-15-13(17)8-14(18)16-12-6-4-11(3)5-7-12/h4-7,10H,8-9H2,1-3H3,(H,15,17)(H,16,18). The second-order valence-electron chi connectivity index (χ2n) is 4.79. The van der Waals surface area contributed by atoms with Gasteiger partial charge < -0.3 is 10.6 Å². The van der Waals surface area contributed by atoms with E-state index in [2.05, 4.69) is 10.6 Å². The van der Waals surface area contributed by atoms with E-state index in [0.717, 1.165) is 5.56 Å². The molecule has 0 unspecified atom stereocenters. The monoisotopic (exact) mass is 248 g/mol. The molecule has 98 valence electrons. The van der Waals surface area contributed by atoms with Crippen molar-refractivity contribution in [1.29, 1.82) is 0 Å². The molecule has 1 aromatic rings. The Morgan fingerprint density at radius 3 is 2.28 bits per heavy atom. The summed E-state index contributed by atoms with van der Waals surface area (Å²) in [6, 6.07) is 7.46. The summed E-state index contributed by atoms with van der Waals surface area (Å²) in [6.07, 6.45) is -0.138. The van der Waals surface area contributed by atoms with Crippen molar-refractivity contribution in [1.82, 2.24) is 5.32 Å². The minimum absolute atomic E-state index is 0.138. The molecule has 0 fully saturated rings. The Morgan fingerprint density at radius 2 is 1.72 bits per heavy atom. The van der Waals surface area contributed by atoms with Crippen LogP contribution in [0, 0.1) is 12.8 Å². The Morgan fingerprint density at radius 1 is 1.11 bits per heavy atom. The number of benzene rings is 1. The average molecular weight is 248 g/mol. The van der Waals surface area contributed by atoms with Crippen LogP contribution in [0.2, 0.25) is 0 Å². The first kappa shape index (κ1) is 14.2. The zero-order valence-electron chi connectivity index (χ0n) is 11.1. The van der Waals surface area contributed by atoms with Crippen molar-refractivity contribution in [3.8, 4) is 0 Å². The van der Waals surface area contributed by atoms with Crippen LogP contribution in [0.3, 0.4) is 0 Å². The lowest BCUT2D eigenvalue weighted by Gasteiger charge is -2.08. The quantitative estimate of drug-likeness (QED) is 0.784. The molecule has 2 amide bonds. The van der Waals surface area contributed by atoms with Crippen LogP contribution in [-0.2, 0) is 9.59 Å². The van der Waals surface area contributed by atoms with E-state index in [4.69, 9.17) is 0 Å². The molecule has 0 aliphatic carbocycles. The third-order valence-corrected chi connectivity index (χ3v) is 2.36. The van der Waals surface area contributed by atoms with Crippen LogP contribution in [0.15, 0.2) is 24.3 Å². The predicted octanol–water partition coefficient (Wildman–Crippen LogP) is 2.10. The van der Waals surface area contributed by atoms with E-state index in [0.29, 0.717) is 18.2 Å². The number of rotatable bonds is 5. The van der Waals surface area contributed by atoms with Gasteiger partial charge in [0.1, 0.15) is 6.42 Å². The second-order valence-corrected chi connectivity index (χ2v) is 4.79. The molecule has 0 spiro atoms. The normalized spacial score (nSPS) is 10.2. The number of carbonyl (C=O) groups excluding carboxylic acids is 2. The summed E-state index contributed by atoms with van der Waals surface area (Å²) < 4.78 is 0. The van der Waals surface area contributed by atoms with Crippen LogP contribution >= 0.6 is 0 Å². The Hall–Kier alpha value is -1.84. The highest BCUT2D eigenvalue weighted by atomic mass is 16.2. The first-order chi connectivity index (χ1) is 8.47. The van der Waals surface area contributed by atoms with E-state index < -0.39 is 0 Å². The van der Waals surface area contributed by atoms with Gasteiger partial charge in [0.25, 0.3) is 0 Å². The van der Waals surface area contributed by atoms with Gasteiger partial charge in [-0.1, -0.05) is 31.5 Å². The maximum Gasteiger partial charge on any atom is 0.233 e. The minimum atomic E-state index is -0.292. The number of hydrogen-bond donors (Lipinski definition) is 2. The van der Waals surface area contributed by atoms with Crippen molar-refractivity contribution in [3.05, 3.63) is 29.8 Å². The number of nitrogens with one attached hydrogen (secondary N) is 2. The van der Waals surface area contributed by atoms with E-state index in [-0.39, 0.29) is 18.2 Å². The summed E-state index contributed by atoms with van der Waals surface area (Å²) in [6.45, 7) is 6.58.